The van der Waals surface area contributed by atoms with E-state index < -0.39 is 0 Å². The van der Waals surface area contributed by atoms with Crippen LogP contribution in [0.25, 0.3) is 78.0 Å². The summed E-state index contributed by atoms with van der Waals surface area (Å²) in [6, 6.07) is 38.5. The van der Waals surface area contributed by atoms with Crippen molar-refractivity contribution >= 4 is 43.7 Å². The Morgan fingerprint density at radius 2 is 1.03 bits per heavy atom. The molecule has 0 aliphatic carbocycles. The van der Waals surface area contributed by atoms with E-state index in [2.05, 4.69) is 42.5 Å². The maximum absolute atomic E-state index is 6.15. The quantitative estimate of drug-likeness (QED) is 0.248. The van der Waals surface area contributed by atoms with Crippen molar-refractivity contribution in [3.8, 4) is 34.4 Å². The van der Waals surface area contributed by atoms with Gasteiger partial charge in [0.1, 0.15) is 16.7 Å². The molecule has 5 nitrogen and oxygen atoms in total. The van der Waals surface area contributed by atoms with Gasteiger partial charge in [-0.3, -0.25) is 0 Å². The van der Waals surface area contributed by atoms with E-state index in [1.807, 2.05) is 72.8 Å². The molecule has 0 aliphatic heterocycles. The largest absolute Gasteiger partial charge is 0.456 e. The second-order valence-electron chi connectivity index (χ2n) is 9.33. The lowest BCUT2D eigenvalue weighted by Gasteiger charge is -2.08. The van der Waals surface area contributed by atoms with E-state index in [0.29, 0.717) is 23.2 Å². The Morgan fingerprint density at radius 1 is 0.395 bits per heavy atom. The Labute approximate surface area is 217 Å². The molecule has 178 valence electrons. The number of furan rings is 2. The van der Waals surface area contributed by atoms with Crippen LogP contribution in [0.4, 0.5) is 0 Å². The zero-order valence-electron chi connectivity index (χ0n) is 20.1. The molecule has 0 saturated heterocycles. The van der Waals surface area contributed by atoms with Gasteiger partial charge < -0.3 is 8.83 Å². The molecule has 0 aliphatic rings. The topological polar surface area (TPSA) is 65.0 Å². The van der Waals surface area contributed by atoms with Crippen LogP contribution in [-0.2, 0) is 0 Å². The second kappa shape index (κ2) is 8.11. The van der Waals surface area contributed by atoms with Crippen molar-refractivity contribution in [1.29, 1.82) is 0 Å². The Hall–Kier alpha value is -5.29. The monoisotopic (exact) mass is 489 g/mol. The highest BCUT2D eigenvalue weighted by atomic mass is 16.3. The van der Waals surface area contributed by atoms with Crippen molar-refractivity contribution in [3.63, 3.8) is 0 Å². The van der Waals surface area contributed by atoms with Crippen LogP contribution in [0.2, 0.25) is 0 Å². The molecule has 0 unspecified atom stereocenters. The maximum atomic E-state index is 6.15. The lowest BCUT2D eigenvalue weighted by molar-refractivity contribution is 0.625. The summed E-state index contributed by atoms with van der Waals surface area (Å²) in [6.07, 6.45) is 0. The van der Waals surface area contributed by atoms with E-state index in [9.17, 15) is 0 Å². The molecule has 0 radical (unpaired) electrons. The first-order valence-electron chi connectivity index (χ1n) is 12.4. The van der Waals surface area contributed by atoms with E-state index in [1.165, 1.54) is 5.39 Å². The highest BCUT2D eigenvalue weighted by Gasteiger charge is 2.17. The molecule has 0 fully saturated rings. The van der Waals surface area contributed by atoms with E-state index in [-0.39, 0.29) is 0 Å². The lowest BCUT2D eigenvalue weighted by atomic mass is 10.1. The predicted molar refractivity (Wildman–Crippen MR) is 151 cm³/mol. The first-order valence-corrected chi connectivity index (χ1v) is 12.4. The van der Waals surface area contributed by atoms with Crippen LogP contribution in [0.5, 0.6) is 0 Å². The van der Waals surface area contributed by atoms with E-state index in [4.69, 9.17) is 23.8 Å². The minimum Gasteiger partial charge on any atom is -0.456 e. The number of para-hydroxylation sites is 2. The first kappa shape index (κ1) is 20.9. The Bertz CT molecular complexity index is 2120. The molecule has 0 saturated carbocycles. The molecular weight excluding hydrogens is 470 g/mol. The van der Waals surface area contributed by atoms with Gasteiger partial charge in [-0.2, -0.15) is 0 Å². The first-order chi connectivity index (χ1) is 18.8. The maximum Gasteiger partial charge on any atom is 0.199 e. The zero-order valence-corrected chi connectivity index (χ0v) is 20.1. The number of aromatic nitrogens is 3. The number of hydrogen-bond donors (Lipinski definition) is 0. The number of nitrogens with zero attached hydrogens (tertiary/aromatic N) is 3. The fourth-order valence-electron chi connectivity index (χ4n) is 5.03. The third-order valence-corrected chi connectivity index (χ3v) is 6.92. The van der Waals surface area contributed by atoms with Crippen LogP contribution < -0.4 is 0 Å². The summed E-state index contributed by atoms with van der Waals surface area (Å²) < 4.78 is 12.2. The van der Waals surface area contributed by atoms with Gasteiger partial charge in [-0.25, -0.2) is 15.0 Å². The highest BCUT2D eigenvalue weighted by Crippen LogP contribution is 2.34. The summed E-state index contributed by atoms with van der Waals surface area (Å²) in [4.78, 5) is 14.7. The SMILES string of the molecule is c1ccc2cc(-c3nc(-c4ccc5oc6ccccc6c5c4)nc(-c4cc5ccccc5o4)n3)ccc2c1. The summed E-state index contributed by atoms with van der Waals surface area (Å²) in [6.45, 7) is 0. The van der Waals surface area contributed by atoms with Crippen LogP contribution in [0.1, 0.15) is 0 Å². The molecule has 0 bridgehead atoms. The van der Waals surface area contributed by atoms with Crippen LogP contribution in [0, 0.1) is 0 Å². The molecule has 0 spiro atoms. The number of benzene rings is 5. The summed E-state index contributed by atoms with van der Waals surface area (Å²) in [5, 5.41) is 5.38. The minimum absolute atomic E-state index is 0.492. The van der Waals surface area contributed by atoms with Gasteiger partial charge >= 0.3 is 0 Å². The highest BCUT2D eigenvalue weighted by molar-refractivity contribution is 6.06. The third-order valence-electron chi connectivity index (χ3n) is 6.92. The second-order valence-corrected chi connectivity index (χ2v) is 9.33. The Balaban J connectivity index is 1.36. The van der Waals surface area contributed by atoms with Gasteiger partial charge in [-0.05, 0) is 53.2 Å². The van der Waals surface area contributed by atoms with Crippen LogP contribution in [0.3, 0.4) is 0 Å². The van der Waals surface area contributed by atoms with Crippen molar-refractivity contribution in [1.82, 2.24) is 15.0 Å². The van der Waals surface area contributed by atoms with Gasteiger partial charge in [0.15, 0.2) is 23.2 Å². The molecule has 8 rings (SSSR count). The van der Waals surface area contributed by atoms with Crippen molar-refractivity contribution < 1.29 is 8.83 Å². The van der Waals surface area contributed by atoms with Crippen molar-refractivity contribution in [2.75, 3.05) is 0 Å². The lowest BCUT2D eigenvalue weighted by Crippen LogP contribution is -1.99. The minimum atomic E-state index is 0.492. The van der Waals surface area contributed by atoms with Crippen molar-refractivity contribution in [2.45, 2.75) is 0 Å². The van der Waals surface area contributed by atoms with E-state index in [1.54, 1.807) is 0 Å². The fourth-order valence-corrected chi connectivity index (χ4v) is 5.03. The number of rotatable bonds is 3. The molecule has 0 atom stereocenters. The molecule has 5 aromatic carbocycles. The molecule has 3 heterocycles. The normalized spacial score (nSPS) is 11.7. The standard InChI is InChI=1S/C33H19N3O2/c1-2-8-21-17-23(14-13-20(21)7-1)31-34-32(36-33(35-31)30-19-22-9-3-5-11-27(22)37-30)24-15-16-29-26(18-24)25-10-4-6-12-28(25)38-29/h1-19H. The summed E-state index contributed by atoms with van der Waals surface area (Å²) in [5.74, 6) is 2.26. The van der Waals surface area contributed by atoms with Crippen LogP contribution in [0.15, 0.2) is 124 Å². The smallest absolute Gasteiger partial charge is 0.199 e. The zero-order chi connectivity index (χ0) is 25.1. The Kier molecular flexibility index (Phi) is 4.45. The van der Waals surface area contributed by atoms with Gasteiger partial charge in [-0.15, -0.1) is 0 Å². The number of hydrogen-bond acceptors (Lipinski definition) is 5. The fraction of sp³-hybridized carbons (Fsp3) is 0. The van der Waals surface area contributed by atoms with Gasteiger partial charge in [0.2, 0.25) is 0 Å². The molecule has 0 amide bonds. The van der Waals surface area contributed by atoms with Crippen molar-refractivity contribution in [3.05, 3.63) is 115 Å². The van der Waals surface area contributed by atoms with E-state index >= 15 is 0 Å². The molecule has 8 aromatic rings. The van der Waals surface area contributed by atoms with Gasteiger partial charge in [0.25, 0.3) is 0 Å². The summed E-state index contributed by atoms with van der Waals surface area (Å²) >= 11 is 0. The van der Waals surface area contributed by atoms with Crippen molar-refractivity contribution in [2.24, 2.45) is 0 Å². The van der Waals surface area contributed by atoms with Gasteiger partial charge in [0.05, 0.1) is 0 Å². The Morgan fingerprint density at radius 3 is 1.87 bits per heavy atom. The van der Waals surface area contributed by atoms with Gasteiger partial charge in [0, 0.05) is 27.3 Å². The van der Waals surface area contributed by atoms with Gasteiger partial charge in [-0.1, -0.05) is 72.8 Å². The molecular formula is C33H19N3O2. The summed E-state index contributed by atoms with van der Waals surface area (Å²) in [5.41, 5.74) is 4.28. The molecule has 3 aromatic heterocycles. The van der Waals surface area contributed by atoms with E-state index in [0.717, 1.165) is 49.4 Å². The third kappa shape index (κ3) is 3.37. The summed E-state index contributed by atoms with van der Waals surface area (Å²) in [7, 11) is 0. The molecule has 5 heteroatoms. The van der Waals surface area contributed by atoms with Crippen LogP contribution >= 0.6 is 0 Å². The molecule has 38 heavy (non-hydrogen) atoms. The average Bonchev–Trinajstić information content (AvgIpc) is 3.58. The molecule has 0 N–H and O–H groups in total. The number of fused-ring (bicyclic) bond motifs is 5. The van der Waals surface area contributed by atoms with Crippen LogP contribution in [-0.4, -0.2) is 15.0 Å². The average molecular weight is 490 g/mol. The predicted octanol–water partition coefficient (Wildman–Crippen LogP) is 8.67.